The van der Waals surface area contributed by atoms with Crippen LogP contribution in [0.3, 0.4) is 0 Å². The lowest BCUT2D eigenvalue weighted by Gasteiger charge is -2.29. The molecule has 0 saturated carbocycles. The Morgan fingerprint density at radius 3 is 2.37 bits per heavy atom. The molecule has 0 unspecified atom stereocenters. The predicted octanol–water partition coefficient (Wildman–Crippen LogP) is 2.37. The standard InChI is InChI=1S/C13H11BrO5/c1-13(2)18-11(16)9(12(17)19-13)6-7-5-8(15)3-4-10(7)14/h3-6,15H,1-2H3. The fourth-order valence-corrected chi connectivity index (χ4v) is 1.94. The minimum atomic E-state index is -1.26. The molecule has 0 atom stereocenters. The number of cyclic esters (lactones) is 2. The maximum absolute atomic E-state index is 11.8. The van der Waals surface area contributed by atoms with Crippen LogP contribution in [-0.2, 0) is 19.1 Å². The highest BCUT2D eigenvalue weighted by molar-refractivity contribution is 9.10. The molecular weight excluding hydrogens is 316 g/mol. The van der Waals surface area contributed by atoms with Crippen LogP contribution in [0.5, 0.6) is 5.75 Å². The van der Waals surface area contributed by atoms with Crippen LogP contribution >= 0.6 is 15.9 Å². The SMILES string of the molecule is CC1(C)OC(=O)C(=Cc2cc(O)ccc2Br)C(=O)O1. The fourth-order valence-electron chi connectivity index (χ4n) is 1.58. The minimum absolute atomic E-state index is 0.0212. The van der Waals surface area contributed by atoms with E-state index in [0.717, 1.165) is 0 Å². The summed E-state index contributed by atoms with van der Waals surface area (Å²) in [6.07, 6.45) is 1.31. The first-order valence-electron chi connectivity index (χ1n) is 5.45. The number of hydrogen-bond donors (Lipinski definition) is 1. The molecule has 1 aliphatic rings. The van der Waals surface area contributed by atoms with E-state index in [-0.39, 0.29) is 11.3 Å². The van der Waals surface area contributed by atoms with Crippen molar-refractivity contribution in [3.8, 4) is 5.75 Å². The van der Waals surface area contributed by atoms with Gasteiger partial charge in [-0.3, -0.25) is 0 Å². The van der Waals surface area contributed by atoms with E-state index in [9.17, 15) is 14.7 Å². The summed E-state index contributed by atoms with van der Waals surface area (Å²) in [6.45, 7) is 2.95. The number of esters is 2. The Bertz CT molecular complexity index is 567. The van der Waals surface area contributed by atoms with E-state index in [1.54, 1.807) is 6.07 Å². The predicted molar refractivity (Wildman–Crippen MR) is 70.0 cm³/mol. The molecule has 1 fully saturated rings. The molecule has 6 heteroatoms. The second kappa shape index (κ2) is 4.70. The molecule has 0 aliphatic carbocycles. The van der Waals surface area contributed by atoms with Gasteiger partial charge in [0.1, 0.15) is 11.3 Å². The van der Waals surface area contributed by atoms with Crippen LogP contribution < -0.4 is 0 Å². The molecule has 0 radical (unpaired) electrons. The van der Waals surface area contributed by atoms with Crippen LogP contribution in [0, 0.1) is 0 Å². The average Bonchev–Trinajstić information content (AvgIpc) is 2.26. The van der Waals surface area contributed by atoms with Crippen molar-refractivity contribution in [2.75, 3.05) is 0 Å². The van der Waals surface area contributed by atoms with Crippen molar-refractivity contribution in [2.24, 2.45) is 0 Å². The fraction of sp³-hybridized carbons (Fsp3) is 0.231. The summed E-state index contributed by atoms with van der Waals surface area (Å²) in [6, 6.07) is 4.50. The van der Waals surface area contributed by atoms with Gasteiger partial charge in [0, 0.05) is 18.3 Å². The normalized spacial score (nSPS) is 17.7. The van der Waals surface area contributed by atoms with Gasteiger partial charge in [-0.2, -0.15) is 0 Å². The lowest BCUT2D eigenvalue weighted by Crippen LogP contribution is -2.41. The Hall–Kier alpha value is -1.82. The van der Waals surface area contributed by atoms with Gasteiger partial charge in [0.2, 0.25) is 0 Å². The van der Waals surface area contributed by atoms with E-state index < -0.39 is 17.7 Å². The van der Waals surface area contributed by atoms with Gasteiger partial charge in [-0.25, -0.2) is 9.59 Å². The number of carbonyl (C=O) groups excluding carboxylic acids is 2. The van der Waals surface area contributed by atoms with Crippen LogP contribution in [-0.4, -0.2) is 22.8 Å². The number of phenols is 1. The first-order chi connectivity index (χ1) is 8.78. The lowest BCUT2D eigenvalue weighted by atomic mass is 10.1. The van der Waals surface area contributed by atoms with Gasteiger partial charge >= 0.3 is 11.9 Å². The number of rotatable bonds is 1. The second-order valence-electron chi connectivity index (χ2n) is 4.44. The molecule has 0 aromatic heterocycles. The van der Waals surface area contributed by atoms with Crippen LogP contribution in [0.1, 0.15) is 19.4 Å². The third-order valence-electron chi connectivity index (χ3n) is 2.40. The summed E-state index contributed by atoms with van der Waals surface area (Å²) >= 11 is 3.26. The van der Waals surface area contributed by atoms with Crippen LogP contribution in [0.25, 0.3) is 6.08 Å². The maximum atomic E-state index is 11.8. The Morgan fingerprint density at radius 1 is 1.21 bits per heavy atom. The van der Waals surface area contributed by atoms with Gasteiger partial charge in [-0.05, 0) is 29.8 Å². The van der Waals surface area contributed by atoms with Gasteiger partial charge in [0.15, 0.2) is 0 Å². The van der Waals surface area contributed by atoms with Crippen LogP contribution in [0.4, 0.5) is 0 Å². The summed E-state index contributed by atoms with van der Waals surface area (Å²) in [4.78, 5) is 23.5. The number of hydrogen-bond acceptors (Lipinski definition) is 5. The summed E-state index contributed by atoms with van der Waals surface area (Å²) in [5.74, 6) is -2.75. The Kier molecular flexibility index (Phi) is 3.36. The molecule has 1 aromatic rings. The smallest absolute Gasteiger partial charge is 0.348 e. The van der Waals surface area contributed by atoms with Crippen molar-refractivity contribution >= 4 is 33.9 Å². The molecular formula is C13H11BrO5. The molecule has 5 nitrogen and oxygen atoms in total. The van der Waals surface area contributed by atoms with Crippen molar-refractivity contribution in [2.45, 2.75) is 19.6 Å². The largest absolute Gasteiger partial charge is 0.508 e. The summed E-state index contributed by atoms with van der Waals surface area (Å²) in [5, 5.41) is 9.40. The Balaban J connectivity index is 2.41. The van der Waals surface area contributed by atoms with Gasteiger partial charge in [-0.1, -0.05) is 15.9 Å². The quantitative estimate of drug-likeness (QED) is 0.487. The molecule has 1 aromatic carbocycles. The van der Waals surface area contributed by atoms with E-state index in [4.69, 9.17) is 9.47 Å². The molecule has 100 valence electrons. The minimum Gasteiger partial charge on any atom is -0.508 e. The van der Waals surface area contributed by atoms with Gasteiger partial charge in [-0.15, -0.1) is 0 Å². The molecule has 0 amide bonds. The second-order valence-corrected chi connectivity index (χ2v) is 5.30. The summed E-state index contributed by atoms with van der Waals surface area (Å²) < 4.78 is 10.6. The number of carbonyl (C=O) groups is 2. The Labute approximate surface area is 118 Å². The van der Waals surface area contributed by atoms with E-state index in [2.05, 4.69) is 15.9 Å². The molecule has 1 saturated heterocycles. The topological polar surface area (TPSA) is 72.8 Å². The van der Waals surface area contributed by atoms with Crippen LogP contribution in [0.15, 0.2) is 28.2 Å². The van der Waals surface area contributed by atoms with Crippen molar-refractivity contribution in [3.05, 3.63) is 33.8 Å². The summed E-state index contributed by atoms with van der Waals surface area (Å²) in [7, 11) is 0. The number of benzene rings is 1. The zero-order chi connectivity index (χ0) is 14.2. The molecule has 1 heterocycles. The van der Waals surface area contributed by atoms with E-state index in [1.165, 1.54) is 32.1 Å². The molecule has 1 aliphatic heterocycles. The zero-order valence-electron chi connectivity index (χ0n) is 10.3. The number of phenolic OH excluding ortho intramolecular Hbond substituents is 1. The van der Waals surface area contributed by atoms with Gasteiger partial charge < -0.3 is 14.6 Å². The van der Waals surface area contributed by atoms with Gasteiger partial charge in [0.05, 0.1) is 0 Å². The van der Waals surface area contributed by atoms with Crippen LogP contribution in [0.2, 0.25) is 0 Å². The van der Waals surface area contributed by atoms with E-state index in [1.807, 2.05) is 0 Å². The Morgan fingerprint density at radius 2 is 1.79 bits per heavy atom. The lowest BCUT2D eigenvalue weighted by molar-refractivity contribution is -0.222. The van der Waals surface area contributed by atoms with Gasteiger partial charge in [0.25, 0.3) is 5.79 Å². The number of halogens is 1. The maximum Gasteiger partial charge on any atom is 0.348 e. The highest BCUT2D eigenvalue weighted by Crippen LogP contribution is 2.28. The number of ether oxygens (including phenoxy) is 2. The molecule has 2 rings (SSSR count). The highest BCUT2D eigenvalue weighted by atomic mass is 79.9. The van der Waals surface area contributed by atoms with Crippen molar-refractivity contribution in [1.82, 2.24) is 0 Å². The van der Waals surface area contributed by atoms with E-state index in [0.29, 0.717) is 10.0 Å². The zero-order valence-corrected chi connectivity index (χ0v) is 11.9. The molecule has 0 spiro atoms. The van der Waals surface area contributed by atoms with Crippen molar-refractivity contribution in [1.29, 1.82) is 0 Å². The molecule has 1 N–H and O–H groups in total. The summed E-state index contributed by atoms with van der Waals surface area (Å²) in [5.41, 5.74) is 0.259. The average molecular weight is 327 g/mol. The van der Waals surface area contributed by atoms with Crippen molar-refractivity contribution in [3.63, 3.8) is 0 Å². The van der Waals surface area contributed by atoms with Crippen molar-refractivity contribution < 1.29 is 24.2 Å². The van der Waals surface area contributed by atoms with E-state index >= 15 is 0 Å². The molecule has 19 heavy (non-hydrogen) atoms. The monoisotopic (exact) mass is 326 g/mol. The number of aromatic hydroxyl groups is 1. The first kappa shape index (κ1) is 13.6. The third kappa shape index (κ3) is 2.96. The molecule has 0 bridgehead atoms. The third-order valence-corrected chi connectivity index (χ3v) is 3.12. The first-order valence-corrected chi connectivity index (χ1v) is 6.25. The highest BCUT2D eigenvalue weighted by Gasteiger charge is 2.38.